The molecule has 0 amide bonds. The molecular formula is C10H8INO4. The molecule has 0 bridgehead atoms. The number of carboxylic acids is 2. The first kappa shape index (κ1) is 12.5. The molecule has 0 saturated carbocycles. The minimum atomic E-state index is -1.48. The predicted molar refractivity (Wildman–Crippen MR) is 66.1 cm³/mol. The van der Waals surface area contributed by atoms with E-state index < -0.39 is 17.5 Å². The van der Waals surface area contributed by atoms with Gasteiger partial charge < -0.3 is 15.5 Å². The molecular weight excluding hydrogens is 325 g/mol. The van der Waals surface area contributed by atoms with Crippen LogP contribution in [0.3, 0.4) is 0 Å². The van der Waals surface area contributed by atoms with E-state index in [9.17, 15) is 9.59 Å². The Morgan fingerprint density at radius 2 is 1.62 bits per heavy atom. The number of halogens is 1. The second kappa shape index (κ2) is 5.50. The maximum absolute atomic E-state index is 10.5. The summed E-state index contributed by atoms with van der Waals surface area (Å²) in [5.74, 6) is -2.96. The highest BCUT2D eigenvalue weighted by molar-refractivity contribution is 14.1. The van der Waals surface area contributed by atoms with Crippen molar-refractivity contribution in [3.8, 4) is 0 Å². The number of hydrogen-bond donors (Lipinski definition) is 3. The van der Waals surface area contributed by atoms with Crippen molar-refractivity contribution < 1.29 is 19.8 Å². The van der Waals surface area contributed by atoms with Gasteiger partial charge in [-0.25, -0.2) is 9.59 Å². The molecule has 0 aliphatic heterocycles. The molecule has 84 valence electrons. The topological polar surface area (TPSA) is 86.6 Å². The average Bonchev–Trinajstić information content (AvgIpc) is 2.20. The first-order valence-electron chi connectivity index (χ1n) is 4.19. The number of hydrogen-bond acceptors (Lipinski definition) is 3. The summed E-state index contributed by atoms with van der Waals surface area (Å²) in [7, 11) is 0. The SMILES string of the molecule is O=C(O)C(=CNc1ccc(I)cc1)C(=O)O. The molecule has 0 spiro atoms. The van der Waals surface area contributed by atoms with Gasteiger partial charge in [0.25, 0.3) is 0 Å². The Morgan fingerprint density at radius 1 is 1.12 bits per heavy atom. The maximum Gasteiger partial charge on any atom is 0.344 e. The summed E-state index contributed by atoms with van der Waals surface area (Å²) in [5.41, 5.74) is -0.0843. The van der Waals surface area contributed by atoms with Gasteiger partial charge in [-0.05, 0) is 46.9 Å². The van der Waals surface area contributed by atoms with Gasteiger partial charge in [0, 0.05) is 15.5 Å². The van der Waals surface area contributed by atoms with E-state index in [2.05, 4.69) is 27.9 Å². The molecule has 1 aromatic carbocycles. The number of rotatable bonds is 4. The minimum absolute atomic E-state index is 0.625. The number of benzene rings is 1. The second-order valence-corrected chi connectivity index (χ2v) is 4.07. The van der Waals surface area contributed by atoms with E-state index in [-0.39, 0.29) is 0 Å². The smallest absolute Gasteiger partial charge is 0.344 e. The summed E-state index contributed by atoms with van der Waals surface area (Å²) in [6.45, 7) is 0. The van der Waals surface area contributed by atoms with Gasteiger partial charge in [0.1, 0.15) is 0 Å². The molecule has 0 aliphatic rings. The molecule has 0 unspecified atom stereocenters. The Morgan fingerprint density at radius 3 is 2.06 bits per heavy atom. The highest BCUT2D eigenvalue weighted by atomic mass is 127. The highest BCUT2D eigenvalue weighted by Gasteiger charge is 2.15. The van der Waals surface area contributed by atoms with Crippen molar-refractivity contribution in [1.82, 2.24) is 0 Å². The third kappa shape index (κ3) is 3.54. The summed E-state index contributed by atoms with van der Waals surface area (Å²) >= 11 is 2.13. The summed E-state index contributed by atoms with van der Waals surface area (Å²) in [4.78, 5) is 21.1. The van der Waals surface area contributed by atoms with E-state index in [1.54, 1.807) is 12.1 Å². The molecule has 5 nitrogen and oxygen atoms in total. The molecule has 0 atom stereocenters. The normalized spacial score (nSPS) is 9.31. The number of carbonyl (C=O) groups is 2. The summed E-state index contributed by atoms with van der Waals surface area (Å²) in [6.07, 6.45) is 0.951. The van der Waals surface area contributed by atoms with Crippen molar-refractivity contribution >= 4 is 40.2 Å². The predicted octanol–water partition coefficient (Wildman–Crippen LogP) is 1.76. The van der Waals surface area contributed by atoms with E-state index >= 15 is 0 Å². The lowest BCUT2D eigenvalue weighted by atomic mass is 10.3. The lowest BCUT2D eigenvalue weighted by Gasteiger charge is -2.01. The van der Waals surface area contributed by atoms with Crippen LogP contribution in [0.2, 0.25) is 0 Å². The second-order valence-electron chi connectivity index (χ2n) is 2.82. The third-order valence-corrected chi connectivity index (χ3v) is 2.41. The standard InChI is InChI=1S/C10H8INO4/c11-6-1-3-7(4-2-6)12-5-8(9(13)14)10(15)16/h1-5,12H,(H,13,14)(H,15,16). The monoisotopic (exact) mass is 333 g/mol. The fourth-order valence-corrected chi connectivity index (χ4v) is 1.28. The fraction of sp³-hybridized carbons (Fsp3) is 0. The van der Waals surface area contributed by atoms with Crippen LogP contribution in [0.15, 0.2) is 36.0 Å². The molecule has 0 fully saturated rings. The number of anilines is 1. The minimum Gasteiger partial charge on any atom is -0.477 e. The van der Waals surface area contributed by atoms with Crippen LogP contribution in [-0.4, -0.2) is 22.2 Å². The van der Waals surface area contributed by atoms with Gasteiger partial charge in [-0.1, -0.05) is 0 Å². The van der Waals surface area contributed by atoms with Gasteiger partial charge in [0.2, 0.25) is 0 Å². The van der Waals surface area contributed by atoms with Crippen molar-refractivity contribution in [2.75, 3.05) is 5.32 Å². The zero-order valence-corrected chi connectivity index (χ0v) is 10.1. The zero-order chi connectivity index (χ0) is 12.1. The Balaban J connectivity index is 2.81. The van der Waals surface area contributed by atoms with E-state index in [1.807, 2.05) is 12.1 Å². The van der Waals surface area contributed by atoms with Gasteiger partial charge in [0.15, 0.2) is 5.57 Å². The van der Waals surface area contributed by atoms with Gasteiger partial charge >= 0.3 is 11.9 Å². The molecule has 1 rings (SSSR count). The Bertz CT molecular complexity index is 423. The molecule has 0 saturated heterocycles. The third-order valence-electron chi connectivity index (χ3n) is 1.69. The Hall–Kier alpha value is -1.57. The van der Waals surface area contributed by atoms with Crippen LogP contribution in [0.25, 0.3) is 0 Å². The molecule has 0 heterocycles. The molecule has 0 aliphatic carbocycles. The molecule has 0 radical (unpaired) electrons. The van der Waals surface area contributed by atoms with E-state index in [4.69, 9.17) is 10.2 Å². The largest absolute Gasteiger partial charge is 0.477 e. The summed E-state index contributed by atoms with van der Waals surface area (Å²) in [5, 5.41) is 19.8. The van der Waals surface area contributed by atoms with E-state index in [0.29, 0.717) is 5.69 Å². The number of nitrogens with one attached hydrogen (secondary N) is 1. The van der Waals surface area contributed by atoms with Crippen LogP contribution in [-0.2, 0) is 9.59 Å². The van der Waals surface area contributed by atoms with Gasteiger partial charge in [0.05, 0.1) is 0 Å². The van der Waals surface area contributed by atoms with E-state index in [1.165, 1.54) is 0 Å². The summed E-state index contributed by atoms with van der Waals surface area (Å²) < 4.78 is 1.03. The lowest BCUT2D eigenvalue weighted by Crippen LogP contribution is -2.12. The Labute approximate surface area is 105 Å². The average molecular weight is 333 g/mol. The van der Waals surface area contributed by atoms with Crippen LogP contribution >= 0.6 is 22.6 Å². The van der Waals surface area contributed by atoms with Gasteiger partial charge in [-0.3, -0.25) is 0 Å². The summed E-state index contributed by atoms with van der Waals surface area (Å²) in [6, 6.07) is 7.08. The fourth-order valence-electron chi connectivity index (χ4n) is 0.917. The van der Waals surface area contributed by atoms with Crippen LogP contribution < -0.4 is 5.32 Å². The lowest BCUT2D eigenvalue weighted by molar-refractivity contribution is -0.140. The van der Waals surface area contributed by atoms with Gasteiger partial charge in [-0.2, -0.15) is 0 Å². The first-order chi connectivity index (χ1) is 7.50. The van der Waals surface area contributed by atoms with Crippen molar-refractivity contribution in [2.24, 2.45) is 0 Å². The quantitative estimate of drug-likeness (QED) is 0.338. The Kier molecular flexibility index (Phi) is 4.29. The van der Waals surface area contributed by atoms with Crippen molar-refractivity contribution in [2.45, 2.75) is 0 Å². The molecule has 1 aromatic rings. The van der Waals surface area contributed by atoms with E-state index in [0.717, 1.165) is 9.77 Å². The molecule has 16 heavy (non-hydrogen) atoms. The van der Waals surface area contributed by atoms with Crippen molar-refractivity contribution in [1.29, 1.82) is 0 Å². The van der Waals surface area contributed by atoms with Crippen LogP contribution in [0, 0.1) is 3.57 Å². The van der Waals surface area contributed by atoms with Crippen LogP contribution in [0.1, 0.15) is 0 Å². The maximum atomic E-state index is 10.5. The zero-order valence-electron chi connectivity index (χ0n) is 7.98. The number of aliphatic carboxylic acids is 2. The van der Waals surface area contributed by atoms with Crippen LogP contribution in [0.4, 0.5) is 5.69 Å². The van der Waals surface area contributed by atoms with Gasteiger partial charge in [-0.15, -0.1) is 0 Å². The highest BCUT2D eigenvalue weighted by Crippen LogP contribution is 2.11. The number of carboxylic acid groups (broad SMARTS) is 2. The molecule has 6 heteroatoms. The van der Waals surface area contributed by atoms with Crippen molar-refractivity contribution in [3.05, 3.63) is 39.6 Å². The first-order valence-corrected chi connectivity index (χ1v) is 5.27. The van der Waals surface area contributed by atoms with Crippen molar-refractivity contribution in [3.63, 3.8) is 0 Å². The van der Waals surface area contributed by atoms with Crippen LogP contribution in [0.5, 0.6) is 0 Å². The molecule has 3 N–H and O–H groups in total. The molecule has 0 aromatic heterocycles.